The van der Waals surface area contributed by atoms with Gasteiger partial charge in [0.25, 0.3) is 0 Å². The summed E-state index contributed by atoms with van der Waals surface area (Å²) in [6, 6.07) is 5.03. The molecule has 0 aliphatic carbocycles. The Labute approximate surface area is 160 Å². The first kappa shape index (κ1) is 18.4. The fourth-order valence-electron chi connectivity index (χ4n) is 4.68. The van der Waals surface area contributed by atoms with Crippen LogP contribution < -0.4 is 4.90 Å². The number of sulfonamides is 1. The molecule has 146 valence electrons. The second-order valence-electron chi connectivity index (χ2n) is 7.91. The molecule has 8 heteroatoms. The Kier molecular flexibility index (Phi) is 4.31. The van der Waals surface area contributed by atoms with Crippen LogP contribution in [0.1, 0.15) is 31.7 Å². The van der Waals surface area contributed by atoms with E-state index in [0.29, 0.717) is 25.2 Å². The predicted molar refractivity (Wildman–Crippen MR) is 101 cm³/mol. The van der Waals surface area contributed by atoms with Crippen molar-refractivity contribution in [2.75, 3.05) is 38.1 Å². The molecule has 4 rings (SSSR count). The SMILES string of the molecule is CC(=O)N1CCc2ccc(S(=O)(=O)N3CCC4(CCCN(C)C4=O)C3)cc21. The summed E-state index contributed by atoms with van der Waals surface area (Å²) < 4.78 is 27.9. The van der Waals surface area contributed by atoms with Crippen LogP contribution in [-0.2, 0) is 26.0 Å². The first-order chi connectivity index (χ1) is 12.7. The maximum absolute atomic E-state index is 13.2. The Hall–Kier alpha value is -1.93. The molecule has 7 nitrogen and oxygen atoms in total. The van der Waals surface area contributed by atoms with Crippen molar-refractivity contribution in [3.63, 3.8) is 0 Å². The Balaban J connectivity index is 1.63. The van der Waals surface area contributed by atoms with Crippen molar-refractivity contribution < 1.29 is 18.0 Å². The molecule has 1 aromatic rings. The number of likely N-dealkylation sites (tertiary alicyclic amines) is 1. The number of nitrogens with zero attached hydrogens (tertiary/aromatic N) is 3. The number of carbonyl (C=O) groups is 2. The van der Waals surface area contributed by atoms with Crippen molar-refractivity contribution in [2.45, 2.75) is 37.5 Å². The number of hydrogen-bond acceptors (Lipinski definition) is 4. The molecule has 1 atom stereocenters. The molecular formula is C19H25N3O4S. The molecule has 1 aromatic carbocycles. The Morgan fingerprint density at radius 2 is 1.93 bits per heavy atom. The van der Waals surface area contributed by atoms with E-state index in [-0.39, 0.29) is 23.3 Å². The normalized spacial score (nSPS) is 26.1. The van der Waals surface area contributed by atoms with Gasteiger partial charge in [-0.05, 0) is 43.4 Å². The van der Waals surface area contributed by atoms with Crippen molar-refractivity contribution in [1.29, 1.82) is 0 Å². The van der Waals surface area contributed by atoms with Crippen LogP contribution in [0.15, 0.2) is 23.1 Å². The number of anilines is 1. The second kappa shape index (κ2) is 6.31. The zero-order chi connectivity index (χ0) is 19.4. The standard InChI is InChI=1S/C19H25N3O4S/c1-14(23)22-10-6-15-4-5-16(12-17(15)22)27(25,26)21-11-8-19(13-21)7-3-9-20(2)18(19)24/h4-5,12H,3,6-11,13H2,1-2H3. The van der Waals surface area contributed by atoms with Crippen molar-refractivity contribution >= 4 is 27.5 Å². The first-order valence-corrected chi connectivity index (χ1v) is 10.9. The molecule has 1 spiro atoms. The van der Waals surface area contributed by atoms with Crippen molar-refractivity contribution in [2.24, 2.45) is 5.41 Å². The Morgan fingerprint density at radius 3 is 2.67 bits per heavy atom. The topological polar surface area (TPSA) is 78.0 Å². The minimum Gasteiger partial charge on any atom is -0.345 e. The number of fused-ring (bicyclic) bond motifs is 1. The molecule has 0 saturated carbocycles. The van der Waals surface area contributed by atoms with Gasteiger partial charge in [-0.25, -0.2) is 8.42 Å². The van der Waals surface area contributed by atoms with Crippen molar-refractivity contribution in [3.8, 4) is 0 Å². The summed E-state index contributed by atoms with van der Waals surface area (Å²) in [6.45, 7) is 3.41. The van der Waals surface area contributed by atoms with Crippen LogP contribution >= 0.6 is 0 Å². The molecule has 0 aromatic heterocycles. The van der Waals surface area contributed by atoms with E-state index in [1.165, 1.54) is 11.2 Å². The van der Waals surface area contributed by atoms with Gasteiger partial charge >= 0.3 is 0 Å². The largest absolute Gasteiger partial charge is 0.345 e. The molecule has 2 saturated heterocycles. The first-order valence-electron chi connectivity index (χ1n) is 9.41. The number of piperidine rings is 1. The van der Waals surface area contributed by atoms with E-state index in [1.807, 2.05) is 0 Å². The van der Waals surface area contributed by atoms with Crippen LogP contribution in [-0.4, -0.2) is 62.7 Å². The van der Waals surface area contributed by atoms with Gasteiger partial charge in [-0.2, -0.15) is 4.31 Å². The third kappa shape index (κ3) is 2.86. The molecule has 2 fully saturated rings. The number of amides is 2. The van der Waals surface area contributed by atoms with Gasteiger partial charge in [-0.3, -0.25) is 9.59 Å². The number of hydrogen-bond donors (Lipinski definition) is 0. The van der Waals surface area contributed by atoms with Gasteiger partial charge in [0, 0.05) is 45.8 Å². The van der Waals surface area contributed by atoms with Crippen LogP contribution in [0.2, 0.25) is 0 Å². The summed E-state index contributed by atoms with van der Waals surface area (Å²) in [6.07, 6.45) is 2.95. The molecule has 3 aliphatic heterocycles. The van der Waals surface area contributed by atoms with E-state index < -0.39 is 15.4 Å². The van der Waals surface area contributed by atoms with Crippen LogP contribution in [0.4, 0.5) is 5.69 Å². The number of rotatable bonds is 2. The average molecular weight is 391 g/mol. The molecule has 2 amide bonds. The van der Waals surface area contributed by atoms with Crippen LogP contribution in [0.5, 0.6) is 0 Å². The summed E-state index contributed by atoms with van der Waals surface area (Å²) in [5.41, 5.74) is 1.10. The molecule has 0 N–H and O–H groups in total. The van der Waals surface area contributed by atoms with E-state index in [0.717, 1.165) is 31.4 Å². The maximum Gasteiger partial charge on any atom is 0.243 e. The Morgan fingerprint density at radius 1 is 1.15 bits per heavy atom. The molecule has 0 radical (unpaired) electrons. The third-order valence-electron chi connectivity index (χ3n) is 6.24. The quantitative estimate of drug-likeness (QED) is 0.760. The highest BCUT2D eigenvalue weighted by Gasteiger charge is 2.50. The Bertz CT molecular complexity index is 914. The molecular weight excluding hydrogens is 366 g/mol. The fraction of sp³-hybridized carbons (Fsp3) is 0.579. The lowest BCUT2D eigenvalue weighted by atomic mass is 9.78. The fourth-order valence-corrected chi connectivity index (χ4v) is 6.23. The van der Waals surface area contributed by atoms with E-state index in [2.05, 4.69) is 0 Å². The molecule has 1 unspecified atom stereocenters. The minimum atomic E-state index is -3.70. The van der Waals surface area contributed by atoms with Gasteiger partial charge in [0.15, 0.2) is 0 Å². The monoisotopic (exact) mass is 391 g/mol. The maximum atomic E-state index is 13.2. The van der Waals surface area contributed by atoms with E-state index in [4.69, 9.17) is 0 Å². The summed E-state index contributed by atoms with van der Waals surface area (Å²) in [4.78, 5) is 28.1. The molecule has 3 heterocycles. The highest BCUT2D eigenvalue weighted by Crippen LogP contribution is 2.42. The summed E-state index contributed by atoms with van der Waals surface area (Å²) in [5.74, 6) is -0.0255. The van der Waals surface area contributed by atoms with Gasteiger partial charge in [-0.15, -0.1) is 0 Å². The molecule has 0 bridgehead atoms. The minimum absolute atomic E-state index is 0.0585. The summed E-state index contributed by atoms with van der Waals surface area (Å²) >= 11 is 0. The lowest BCUT2D eigenvalue weighted by Gasteiger charge is -2.37. The highest BCUT2D eigenvalue weighted by atomic mass is 32.2. The summed E-state index contributed by atoms with van der Waals surface area (Å²) in [7, 11) is -1.91. The second-order valence-corrected chi connectivity index (χ2v) is 9.85. The van der Waals surface area contributed by atoms with Crippen LogP contribution in [0, 0.1) is 5.41 Å². The molecule has 27 heavy (non-hydrogen) atoms. The third-order valence-corrected chi connectivity index (χ3v) is 8.08. The average Bonchev–Trinajstić information content (AvgIpc) is 3.24. The lowest BCUT2D eigenvalue weighted by Crippen LogP contribution is -2.48. The van der Waals surface area contributed by atoms with Gasteiger partial charge in [-0.1, -0.05) is 6.07 Å². The van der Waals surface area contributed by atoms with Crippen molar-refractivity contribution in [1.82, 2.24) is 9.21 Å². The van der Waals surface area contributed by atoms with Gasteiger partial charge in [0.1, 0.15) is 0 Å². The van der Waals surface area contributed by atoms with Crippen LogP contribution in [0.25, 0.3) is 0 Å². The van der Waals surface area contributed by atoms with Crippen molar-refractivity contribution in [3.05, 3.63) is 23.8 Å². The zero-order valence-corrected chi connectivity index (χ0v) is 16.6. The lowest BCUT2D eigenvalue weighted by molar-refractivity contribution is -0.143. The smallest absolute Gasteiger partial charge is 0.243 e. The van der Waals surface area contributed by atoms with Gasteiger partial charge in [0.2, 0.25) is 21.8 Å². The predicted octanol–water partition coefficient (Wildman–Crippen LogP) is 1.23. The highest BCUT2D eigenvalue weighted by molar-refractivity contribution is 7.89. The van der Waals surface area contributed by atoms with Gasteiger partial charge in [0.05, 0.1) is 10.3 Å². The number of benzene rings is 1. The van der Waals surface area contributed by atoms with E-state index in [9.17, 15) is 18.0 Å². The zero-order valence-electron chi connectivity index (χ0n) is 15.8. The van der Waals surface area contributed by atoms with E-state index >= 15 is 0 Å². The number of carbonyl (C=O) groups excluding carboxylic acids is 2. The molecule has 3 aliphatic rings. The van der Waals surface area contributed by atoms with Crippen LogP contribution in [0.3, 0.4) is 0 Å². The summed E-state index contributed by atoms with van der Waals surface area (Å²) in [5, 5.41) is 0. The van der Waals surface area contributed by atoms with E-state index in [1.54, 1.807) is 35.0 Å². The van der Waals surface area contributed by atoms with Gasteiger partial charge < -0.3 is 9.80 Å².